The maximum atomic E-state index is 15.1. The molecule has 4 aromatic carbocycles. The Morgan fingerprint density at radius 1 is 0.609 bits per heavy atom. The number of fused-ring (bicyclic) bond motifs is 10. The molecule has 6 saturated heterocycles. The molecule has 7 aliphatic rings. The molecule has 0 radical (unpaired) electrons. The van der Waals surface area contributed by atoms with E-state index in [0.717, 1.165) is 109 Å². The van der Waals surface area contributed by atoms with Crippen molar-refractivity contribution in [1.29, 1.82) is 0 Å². The molecule has 10 nitrogen and oxygen atoms in total. The number of hydrogen-bond acceptors (Lipinski definition) is 10. The number of pyridine rings is 2. The van der Waals surface area contributed by atoms with Crippen LogP contribution >= 0.6 is 0 Å². The molecule has 0 amide bonds. The van der Waals surface area contributed by atoms with Crippen LogP contribution in [0.2, 0.25) is 0 Å². The van der Waals surface area contributed by atoms with Gasteiger partial charge in [0.15, 0.2) is 11.6 Å². The van der Waals surface area contributed by atoms with Crippen LogP contribution in [0.5, 0.6) is 23.0 Å². The van der Waals surface area contributed by atoms with E-state index in [1.807, 2.05) is 85.2 Å². The lowest BCUT2D eigenvalue weighted by Gasteiger charge is -2.52. The van der Waals surface area contributed by atoms with Gasteiger partial charge in [0.05, 0.1) is 48.5 Å². The first kappa shape index (κ1) is 40.9. The second-order valence-corrected chi connectivity index (χ2v) is 18.7. The molecule has 4 unspecified atom stereocenters. The van der Waals surface area contributed by atoms with Crippen molar-refractivity contribution in [3.8, 4) is 23.0 Å². The number of ketones is 2. The van der Waals surface area contributed by atoms with Crippen molar-refractivity contribution in [3.05, 3.63) is 131 Å². The topological polar surface area (TPSA) is 103 Å². The van der Waals surface area contributed by atoms with Crippen molar-refractivity contribution in [2.45, 2.75) is 76.7 Å². The van der Waals surface area contributed by atoms with Crippen LogP contribution in [0.1, 0.15) is 108 Å². The Bertz CT molecular complexity index is 2600. The lowest BCUT2D eigenvalue weighted by atomic mass is 9.72. The zero-order valence-corrected chi connectivity index (χ0v) is 37.2. The van der Waals surface area contributed by atoms with Gasteiger partial charge in [0, 0.05) is 58.5 Å². The fourth-order valence-corrected chi connectivity index (χ4v) is 12.3. The van der Waals surface area contributed by atoms with E-state index >= 15 is 9.59 Å². The van der Waals surface area contributed by atoms with Crippen LogP contribution in [0.25, 0.3) is 21.8 Å². The van der Waals surface area contributed by atoms with E-state index in [-0.39, 0.29) is 34.8 Å². The number of rotatable bonds is 12. The second kappa shape index (κ2) is 16.6. The third-order valence-electron chi connectivity index (χ3n) is 15.7. The van der Waals surface area contributed by atoms with Crippen LogP contribution < -0.4 is 18.9 Å². The smallest absolute Gasteiger partial charge is 0.198 e. The first-order valence-electron chi connectivity index (χ1n) is 23.4. The minimum atomic E-state index is -0.475. The molecule has 6 fully saturated rings. The summed E-state index contributed by atoms with van der Waals surface area (Å²) >= 11 is 0. The SMILES string of the molecule is CC[C@H]1CN2CCC1C[C@@H]2[C@@H](Oc1ccc(O[C@@H](c2ccnc3ccc(OC)cc23)[C@H]2CC3CCN2C[C@@H]3CC)c2c1C(=O)c1ccccc1C2=O)c1ccnc2ccc(OC)cc12. The molecule has 2 aromatic heterocycles. The number of hydrogen-bond donors (Lipinski definition) is 0. The Kier molecular flexibility index (Phi) is 10.6. The monoisotopic (exact) mass is 856 g/mol. The van der Waals surface area contributed by atoms with E-state index in [1.54, 1.807) is 26.4 Å². The number of benzene rings is 4. The number of carbonyl (C=O) groups is 2. The maximum absolute atomic E-state index is 15.1. The predicted molar refractivity (Wildman–Crippen MR) is 247 cm³/mol. The summed E-state index contributed by atoms with van der Waals surface area (Å²) < 4.78 is 26.3. The molecule has 4 bridgehead atoms. The number of aromatic nitrogens is 2. The zero-order valence-electron chi connectivity index (χ0n) is 37.2. The average molecular weight is 857 g/mol. The second-order valence-electron chi connectivity index (χ2n) is 18.7. The Balaban J connectivity index is 1.07. The quantitative estimate of drug-likeness (QED) is 0.118. The number of carbonyl (C=O) groups excluding carboxylic acids is 2. The fraction of sp³-hybridized carbons (Fsp3) is 0.407. The minimum Gasteiger partial charge on any atom is -0.497 e. The Hall–Kier alpha value is -5.84. The molecule has 328 valence electrons. The molecule has 6 aromatic rings. The largest absolute Gasteiger partial charge is 0.497 e. The minimum absolute atomic E-state index is 0.0377. The highest BCUT2D eigenvalue weighted by molar-refractivity contribution is 6.30. The van der Waals surface area contributed by atoms with Gasteiger partial charge in [-0.3, -0.25) is 29.4 Å². The summed E-state index contributed by atoms with van der Waals surface area (Å²) in [5.41, 5.74) is 4.87. The molecule has 10 atom stereocenters. The van der Waals surface area contributed by atoms with Gasteiger partial charge < -0.3 is 18.9 Å². The van der Waals surface area contributed by atoms with E-state index in [9.17, 15) is 0 Å². The van der Waals surface area contributed by atoms with Crippen LogP contribution in [-0.4, -0.2) is 83.8 Å². The number of methoxy groups -OCH3 is 2. The van der Waals surface area contributed by atoms with Gasteiger partial charge in [0.1, 0.15) is 35.2 Å². The third-order valence-corrected chi connectivity index (χ3v) is 15.7. The molecule has 0 spiro atoms. The first-order valence-corrected chi connectivity index (χ1v) is 23.4. The highest BCUT2D eigenvalue weighted by Crippen LogP contribution is 2.49. The van der Waals surface area contributed by atoms with Crippen molar-refractivity contribution in [2.75, 3.05) is 40.4 Å². The van der Waals surface area contributed by atoms with E-state index in [2.05, 4.69) is 23.6 Å². The Labute approximate surface area is 374 Å². The lowest BCUT2D eigenvalue weighted by Crippen LogP contribution is -2.56. The van der Waals surface area contributed by atoms with E-state index in [1.165, 1.54) is 0 Å². The van der Waals surface area contributed by atoms with E-state index in [4.69, 9.17) is 28.9 Å². The lowest BCUT2D eigenvalue weighted by molar-refractivity contribution is -0.0493. The van der Waals surface area contributed by atoms with Gasteiger partial charge in [0.25, 0.3) is 0 Å². The Morgan fingerprint density at radius 3 is 1.45 bits per heavy atom. The molecule has 8 heterocycles. The molecular formula is C54H56N4O6. The third kappa shape index (κ3) is 6.83. The van der Waals surface area contributed by atoms with Crippen LogP contribution in [0, 0.1) is 23.7 Å². The summed E-state index contributed by atoms with van der Waals surface area (Å²) in [5, 5.41) is 1.88. The van der Waals surface area contributed by atoms with Gasteiger partial charge in [-0.05, 0) is 123 Å². The molecule has 0 N–H and O–H groups in total. The molecule has 13 rings (SSSR count). The highest BCUT2D eigenvalue weighted by Gasteiger charge is 2.47. The predicted octanol–water partition coefficient (Wildman–Crippen LogP) is 10.1. The summed E-state index contributed by atoms with van der Waals surface area (Å²) in [6.07, 6.45) is 9.30. The van der Waals surface area contributed by atoms with Gasteiger partial charge in [-0.25, -0.2) is 0 Å². The standard InChI is InChI=1S/C54H56N4O6/c1-5-31-29-57-23-19-33(31)25-45(57)53(39-17-21-55-43-13-11-35(61-3)27-41(39)43)63-47-15-16-48(50-49(47)51(59)37-9-7-8-10-38(37)52(50)60)64-54(46-26-34-20-24-58(46)30-32(34)6-2)40-18-22-56-44-14-12-36(62-4)28-42(40)44/h7-18,21-22,27-28,31-34,45-46,53-54H,5-6,19-20,23-26,29-30H2,1-4H3/t31-,32-,33?,34?,45+,46+,53-,54-/m0/s1. The van der Waals surface area contributed by atoms with E-state index in [0.29, 0.717) is 46.3 Å². The number of piperidine rings is 6. The fourth-order valence-electron chi connectivity index (χ4n) is 12.3. The van der Waals surface area contributed by atoms with Crippen molar-refractivity contribution in [2.24, 2.45) is 23.7 Å². The van der Waals surface area contributed by atoms with Crippen LogP contribution in [0.15, 0.2) is 97.3 Å². The van der Waals surface area contributed by atoms with Gasteiger partial charge in [0.2, 0.25) is 0 Å². The van der Waals surface area contributed by atoms with Gasteiger partial charge >= 0.3 is 0 Å². The highest BCUT2D eigenvalue weighted by atomic mass is 16.5. The summed E-state index contributed by atoms with van der Waals surface area (Å²) in [6, 6.07) is 27.0. The summed E-state index contributed by atoms with van der Waals surface area (Å²) in [5.74, 6) is 4.15. The van der Waals surface area contributed by atoms with Gasteiger partial charge in [-0.1, -0.05) is 51.0 Å². The van der Waals surface area contributed by atoms with Crippen molar-refractivity contribution >= 4 is 33.4 Å². The Morgan fingerprint density at radius 2 is 1.06 bits per heavy atom. The van der Waals surface area contributed by atoms with Crippen LogP contribution in [0.4, 0.5) is 0 Å². The average Bonchev–Trinajstić information content (AvgIpc) is 3.36. The van der Waals surface area contributed by atoms with Gasteiger partial charge in [-0.2, -0.15) is 0 Å². The first-order chi connectivity index (χ1) is 31.3. The molecule has 64 heavy (non-hydrogen) atoms. The van der Waals surface area contributed by atoms with Crippen molar-refractivity contribution in [3.63, 3.8) is 0 Å². The summed E-state index contributed by atoms with van der Waals surface area (Å²) in [7, 11) is 3.35. The maximum Gasteiger partial charge on any atom is 0.198 e. The molecule has 1 aliphatic carbocycles. The molecule has 6 aliphatic heterocycles. The van der Waals surface area contributed by atoms with Gasteiger partial charge in [-0.15, -0.1) is 0 Å². The van der Waals surface area contributed by atoms with Crippen LogP contribution in [0.3, 0.4) is 0 Å². The number of ether oxygens (including phenoxy) is 4. The number of nitrogens with zero attached hydrogens (tertiary/aromatic N) is 4. The molecule has 10 heteroatoms. The zero-order chi connectivity index (χ0) is 43.6. The summed E-state index contributed by atoms with van der Waals surface area (Å²) in [4.78, 5) is 45.0. The molecule has 0 saturated carbocycles. The summed E-state index contributed by atoms with van der Waals surface area (Å²) in [6.45, 7) is 8.58. The molecular weight excluding hydrogens is 801 g/mol. The van der Waals surface area contributed by atoms with Crippen LogP contribution in [-0.2, 0) is 0 Å². The normalized spacial score (nSPS) is 26.6. The van der Waals surface area contributed by atoms with Crippen molar-refractivity contribution < 1.29 is 28.5 Å². The van der Waals surface area contributed by atoms with E-state index < -0.39 is 12.2 Å². The van der Waals surface area contributed by atoms with Crippen molar-refractivity contribution in [1.82, 2.24) is 19.8 Å².